The zero-order valence-corrected chi connectivity index (χ0v) is 13.2. The summed E-state index contributed by atoms with van der Waals surface area (Å²) in [6, 6.07) is 5.88. The molecule has 0 aliphatic carbocycles. The Kier molecular flexibility index (Phi) is 3.97. The molecule has 0 unspecified atom stereocenters. The monoisotopic (exact) mass is 342 g/mol. The van der Waals surface area contributed by atoms with Crippen LogP contribution in [0.4, 0.5) is 5.69 Å². The van der Waals surface area contributed by atoms with E-state index in [1.54, 1.807) is 17.6 Å². The van der Waals surface area contributed by atoms with E-state index in [0.29, 0.717) is 20.8 Å². The Morgan fingerprint density at radius 3 is 2.96 bits per heavy atom. The molecule has 2 heterocycles. The van der Waals surface area contributed by atoms with Crippen LogP contribution in [0.15, 0.2) is 33.8 Å². The highest BCUT2D eigenvalue weighted by atomic mass is 32.1. The minimum atomic E-state index is -0.571. The maximum Gasteiger partial charge on any atom is 0.301 e. The Hall–Kier alpha value is -3.25. The standard InChI is InChI=1S/C15H10N4O4S/c1-3-6-18-12-5-4-10(19(21)22)8-13(12)24-15(18)16-14(20)11-7-9(2)23-17-11/h1,4-5,7-8H,6H2,2H3. The number of amides is 1. The van der Waals surface area contributed by atoms with Crippen molar-refractivity contribution in [2.24, 2.45) is 4.99 Å². The highest BCUT2D eigenvalue weighted by Crippen LogP contribution is 2.23. The van der Waals surface area contributed by atoms with Gasteiger partial charge in [0, 0.05) is 18.2 Å². The lowest BCUT2D eigenvalue weighted by atomic mass is 10.3. The number of non-ortho nitro benzene ring substituents is 1. The van der Waals surface area contributed by atoms with Crippen LogP contribution in [0.3, 0.4) is 0 Å². The molecule has 3 aromatic rings. The quantitative estimate of drug-likeness (QED) is 0.413. The Balaban J connectivity index is 2.17. The van der Waals surface area contributed by atoms with E-state index in [2.05, 4.69) is 16.1 Å². The molecule has 0 aliphatic rings. The number of rotatable bonds is 3. The maximum atomic E-state index is 12.2. The molecule has 3 rings (SSSR count). The molecule has 0 fully saturated rings. The predicted octanol–water partition coefficient (Wildman–Crippen LogP) is 2.28. The number of nitro benzene ring substituents is 1. The number of nitrogens with zero attached hydrogens (tertiary/aromatic N) is 4. The lowest BCUT2D eigenvalue weighted by Crippen LogP contribution is -2.16. The fourth-order valence-corrected chi connectivity index (χ4v) is 3.18. The fourth-order valence-electron chi connectivity index (χ4n) is 2.12. The van der Waals surface area contributed by atoms with Gasteiger partial charge in [0.2, 0.25) is 0 Å². The summed E-state index contributed by atoms with van der Waals surface area (Å²) in [7, 11) is 0. The summed E-state index contributed by atoms with van der Waals surface area (Å²) in [6.45, 7) is 1.85. The molecule has 0 saturated carbocycles. The van der Waals surface area contributed by atoms with Crippen molar-refractivity contribution >= 4 is 33.1 Å². The summed E-state index contributed by atoms with van der Waals surface area (Å²) in [5, 5.41) is 14.5. The Labute approximate surface area is 139 Å². The van der Waals surface area contributed by atoms with E-state index >= 15 is 0 Å². The minimum Gasteiger partial charge on any atom is -0.361 e. The molecule has 2 aromatic heterocycles. The van der Waals surface area contributed by atoms with Crippen LogP contribution >= 0.6 is 11.3 Å². The van der Waals surface area contributed by atoms with E-state index < -0.39 is 10.8 Å². The molecule has 0 spiro atoms. The number of aromatic nitrogens is 2. The van der Waals surface area contributed by atoms with Crippen molar-refractivity contribution < 1.29 is 14.2 Å². The van der Waals surface area contributed by atoms with E-state index in [9.17, 15) is 14.9 Å². The second-order valence-corrected chi connectivity index (χ2v) is 5.83. The minimum absolute atomic E-state index is 0.0402. The van der Waals surface area contributed by atoms with Gasteiger partial charge in [-0.15, -0.1) is 6.42 Å². The van der Waals surface area contributed by atoms with Crippen LogP contribution < -0.4 is 4.80 Å². The summed E-state index contributed by atoms with van der Waals surface area (Å²) < 4.78 is 7.12. The third-order valence-electron chi connectivity index (χ3n) is 3.17. The molecule has 8 nitrogen and oxygen atoms in total. The number of carbonyl (C=O) groups excluding carboxylic acids is 1. The van der Waals surface area contributed by atoms with Crippen LogP contribution in [0.5, 0.6) is 0 Å². The molecule has 1 amide bonds. The van der Waals surface area contributed by atoms with E-state index in [-0.39, 0.29) is 17.9 Å². The second-order valence-electron chi connectivity index (χ2n) is 4.82. The smallest absolute Gasteiger partial charge is 0.301 e. The van der Waals surface area contributed by atoms with Crippen LogP contribution in [0.1, 0.15) is 16.2 Å². The zero-order chi connectivity index (χ0) is 17.3. The third-order valence-corrected chi connectivity index (χ3v) is 4.21. The molecular weight excluding hydrogens is 332 g/mol. The second kappa shape index (κ2) is 6.10. The van der Waals surface area contributed by atoms with Gasteiger partial charge < -0.3 is 9.09 Å². The average Bonchev–Trinajstić information content (AvgIpc) is 3.11. The molecule has 0 N–H and O–H groups in total. The zero-order valence-electron chi connectivity index (χ0n) is 12.4. The lowest BCUT2D eigenvalue weighted by Gasteiger charge is -1.99. The molecule has 0 atom stereocenters. The van der Waals surface area contributed by atoms with Crippen molar-refractivity contribution in [3.63, 3.8) is 0 Å². The summed E-state index contributed by atoms with van der Waals surface area (Å²) in [5.74, 6) is 2.41. The van der Waals surface area contributed by atoms with Crippen LogP contribution in [-0.2, 0) is 6.54 Å². The number of hydrogen-bond donors (Lipinski definition) is 0. The lowest BCUT2D eigenvalue weighted by molar-refractivity contribution is -0.384. The summed E-state index contributed by atoms with van der Waals surface area (Å²) in [6.07, 6.45) is 5.37. The number of terminal acetylenes is 1. The molecule has 1 aromatic carbocycles. The van der Waals surface area contributed by atoms with Gasteiger partial charge in [-0.05, 0) is 13.0 Å². The predicted molar refractivity (Wildman–Crippen MR) is 86.4 cm³/mol. The van der Waals surface area contributed by atoms with Crippen molar-refractivity contribution in [3.8, 4) is 12.3 Å². The highest BCUT2D eigenvalue weighted by molar-refractivity contribution is 7.16. The largest absolute Gasteiger partial charge is 0.361 e. The summed E-state index contributed by atoms with van der Waals surface area (Å²) in [4.78, 5) is 27.0. The van der Waals surface area contributed by atoms with Crippen LogP contribution in [-0.4, -0.2) is 20.6 Å². The first-order valence-corrected chi connectivity index (χ1v) is 7.55. The maximum absolute atomic E-state index is 12.2. The number of nitro groups is 1. The third kappa shape index (κ3) is 2.82. The van der Waals surface area contributed by atoms with Gasteiger partial charge >= 0.3 is 5.91 Å². The number of benzene rings is 1. The molecule has 120 valence electrons. The topological polar surface area (TPSA) is 104 Å². The SMILES string of the molecule is C#CCn1c(=NC(=O)c2cc(C)on2)sc2cc([N+](=O)[O-])ccc21. The van der Waals surface area contributed by atoms with Gasteiger partial charge in [-0.25, -0.2) is 0 Å². The van der Waals surface area contributed by atoms with Gasteiger partial charge in [0.05, 0.1) is 21.7 Å². The molecule has 9 heteroatoms. The van der Waals surface area contributed by atoms with Crippen molar-refractivity contribution in [3.05, 3.63) is 50.6 Å². The first-order chi connectivity index (χ1) is 11.5. The normalized spacial score (nSPS) is 11.6. The van der Waals surface area contributed by atoms with Gasteiger partial charge in [-0.2, -0.15) is 4.99 Å². The molecule has 0 radical (unpaired) electrons. The van der Waals surface area contributed by atoms with Crippen LogP contribution in [0.25, 0.3) is 10.2 Å². The van der Waals surface area contributed by atoms with Crippen molar-refractivity contribution in [2.75, 3.05) is 0 Å². The van der Waals surface area contributed by atoms with Gasteiger partial charge in [0.25, 0.3) is 5.69 Å². The average molecular weight is 342 g/mol. The summed E-state index contributed by atoms with van der Waals surface area (Å²) >= 11 is 1.14. The molecular formula is C15H10N4O4S. The van der Waals surface area contributed by atoms with E-state index in [1.165, 1.54) is 18.2 Å². The van der Waals surface area contributed by atoms with E-state index in [4.69, 9.17) is 10.9 Å². The van der Waals surface area contributed by atoms with Gasteiger partial charge in [0.1, 0.15) is 5.76 Å². The molecule has 24 heavy (non-hydrogen) atoms. The van der Waals surface area contributed by atoms with Crippen molar-refractivity contribution in [1.29, 1.82) is 0 Å². The number of fused-ring (bicyclic) bond motifs is 1. The number of hydrogen-bond acceptors (Lipinski definition) is 6. The molecule has 0 bridgehead atoms. The number of carbonyl (C=O) groups is 1. The van der Waals surface area contributed by atoms with Crippen molar-refractivity contribution in [1.82, 2.24) is 9.72 Å². The number of thiazole rings is 1. The summed E-state index contributed by atoms with van der Waals surface area (Å²) in [5.41, 5.74) is 0.719. The highest BCUT2D eigenvalue weighted by Gasteiger charge is 2.14. The molecule has 0 aliphatic heterocycles. The Morgan fingerprint density at radius 2 is 2.33 bits per heavy atom. The first-order valence-electron chi connectivity index (χ1n) is 6.73. The van der Waals surface area contributed by atoms with Crippen LogP contribution in [0, 0.1) is 29.4 Å². The van der Waals surface area contributed by atoms with Gasteiger partial charge in [0.15, 0.2) is 10.5 Å². The van der Waals surface area contributed by atoms with E-state index in [0.717, 1.165) is 11.3 Å². The molecule has 0 saturated heterocycles. The van der Waals surface area contributed by atoms with Gasteiger partial charge in [-0.3, -0.25) is 14.9 Å². The van der Waals surface area contributed by atoms with Gasteiger partial charge in [-0.1, -0.05) is 22.4 Å². The van der Waals surface area contributed by atoms with E-state index in [1.807, 2.05) is 0 Å². The van der Waals surface area contributed by atoms with Crippen LogP contribution in [0.2, 0.25) is 0 Å². The Bertz CT molecular complexity index is 1070. The number of aryl methyl sites for hydroxylation is 1. The fraction of sp³-hybridized carbons (Fsp3) is 0.133. The van der Waals surface area contributed by atoms with Crippen molar-refractivity contribution in [2.45, 2.75) is 13.5 Å². The Morgan fingerprint density at radius 1 is 1.54 bits per heavy atom. The first kappa shape index (κ1) is 15.6.